The van der Waals surface area contributed by atoms with Crippen molar-refractivity contribution >= 4 is 19.1 Å². The fourth-order valence-electron chi connectivity index (χ4n) is 3.62. The van der Waals surface area contributed by atoms with Crippen LogP contribution in [0.15, 0.2) is 54.5 Å². The van der Waals surface area contributed by atoms with Gasteiger partial charge in [0.1, 0.15) is 0 Å². The van der Waals surface area contributed by atoms with E-state index in [9.17, 15) is 9.82 Å². The maximum absolute atomic E-state index is 12.9. The van der Waals surface area contributed by atoms with Gasteiger partial charge in [0.05, 0.1) is 0 Å². The van der Waals surface area contributed by atoms with Gasteiger partial charge in [-0.3, -0.25) is 4.79 Å². The van der Waals surface area contributed by atoms with Crippen LogP contribution in [0, 0.1) is 0 Å². The Bertz CT molecular complexity index is 832. The zero-order valence-corrected chi connectivity index (χ0v) is 16.3. The summed E-state index contributed by atoms with van der Waals surface area (Å²) in [5, 5.41) is 9.46. The third kappa shape index (κ3) is 5.10. The highest BCUT2D eigenvalue weighted by Gasteiger charge is 2.24. The zero-order valence-electron chi connectivity index (χ0n) is 16.3. The van der Waals surface area contributed by atoms with Crippen molar-refractivity contribution in [1.29, 1.82) is 0 Å². The molecule has 0 atom stereocenters. The van der Waals surface area contributed by atoms with E-state index < -0.39 is 7.12 Å². The van der Waals surface area contributed by atoms with Crippen LogP contribution in [0.3, 0.4) is 0 Å². The summed E-state index contributed by atoms with van der Waals surface area (Å²) in [4.78, 5) is 14.8. The van der Waals surface area contributed by atoms with Crippen LogP contribution in [0.25, 0.3) is 6.08 Å². The molecule has 0 aliphatic carbocycles. The molecule has 1 saturated heterocycles. The minimum Gasteiger partial charge on any atom is -0.423 e. The number of benzene rings is 2. The highest BCUT2D eigenvalue weighted by atomic mass is 16.5. The van der Waals surface area contributed by atoms with Crippen molar-refractivity contribution in [2.45, 2.75) is 25.3 Å². The molecular weight excluding hydrogens is 351 g/mol. The highest BCUT2D eigenvalue weighted by molar-refractivity contribution is 6.50. The first-order valence-corrected chi connectivity index (χ1v) is 9.68. The molecular formula is C22H27BN2O3. The zero-order chi connectivity index (χ0) is 19.9. The summed E-state index contributed by atoms with van der Waals surface area (Å²) in [6, 6.07) is 15.9. The van der Waals surface area contributed by atoms with Crippen LogP contribution in [0.5, 0.6) is 0 Å². The number of carbonyl (C=O) groups excluding carboxylic acids is 1. The Balaban J connectivity index is 1.63. The van der Waals surface area contributed by atoms with E-state index in [1.807, 2.05) is 29.2 Å². The summed E-state index contributed by atoms with van der Waals surface area (Å²) in [5.41, 5.74) is 9.75. The van der Waals surface area contributed by atoms with Crippen LogP contribution in [-0.4, -0.2) is 43.1 Å². The van der Waals surface area contributed by atoms with Gasteiger partial charge in [0.15, 0.2) is 0 Å². The number of nitrogens with zero attached hydrogens (tertiary/aromatic N) is 1. The second-order valence-electron chi connectivity index (χ2n) is 7.13. The molecule has 3 N–H and O–H groups in total. The molecule has 0 spiro atoms. The topological polar surface area (TPSA) is 75.8 Å². The highest BCUT2D eigenvalue weighted by Crippen LogP contribution is 2.29. The molecule has 1 fully saturated rings. The number of likely N-dealkylation sites (tertiary alicyclic amines) is 1. The number of nitrogens with two attached hydrogens (primary N) is 1. The van der Waals surface area contributed by atoms with E-state index in [2.05, 4.69) is 24.3 Å². The summed E-state index contributed by atoms with van der Waals surface area (Å²) >= 11 is 0. The normalized spacial score (nSPS) is 15.2. The first-order chi connectivity index (χ1) is 13.6. The molecule has 5 nitrogen and oxygen atoms in total. The molecule has 2 aromatic carbocycles. The van der Waals surface area contributed by atoms with Crippen LogP contribution in [-0.2, 0) is 11.2 Å². The van der Waals surface area contributed by atoms with Gasteiger partial charge in [-0.15, -0.1) is 0 Å². The summed E-state index contributed by atoms with van der Waals surface area (Å²) in [7, 11) is 0.487. The van der Waals surface area contributed by atoms with Crippen LogP contribution in [0.1, 0.15) is 45.8 Å². The molecule has 1 amide bonds. The van der Waals surface area contributed by atoms with Crippen molar-refractivity contribution in [1.82, 2.24) is 4.90 Å². The van der Waals surface area contributed by atoms with E-state index in [1.54, 1.807) is 12.1 Å². The Hall–Kier alpha value is -2.41. The molecule has 6 heteroatoms. The number of hydrogen-bond acceptors (Lipinski definition) is 4. The monoisotopic (exact) mass is 378 g/mol. The first kappa shape index (κ1) is 20.3. The molecule has 146 valence electrons. The van der Waals surface area contributed by atoms with Gasteiger partial charge in [-0.2, -0.15) is 0 Å². The molecule has 0 unspecified atom stereocenters. The molecule has 1 heterocycles. The van der Waals surface area contributed by atoms with Gasteiger partial charge in [-0.25, -0.2) is 0 Å². The minimum atomic E-state index is -0.948. The van der Waals surface area contributed by atoms with E-state index in [1.165, 1.54) is 12.7 Å². The average molecular weight is 378 g/mol. The maximum atomic E-state index is 12.9. The number of amides is 1. The number of rotatable bonds is 6. The van der Waals surface area contributed by atoms with Crippen LogP contribution < -0.4 is 5.73 Å². The molecule has 3 rings (SSSR count). The largest absolute Gasteiger partial charge is 0.483 e. The van der Waals surface area contributed by atoms with Crippen LogP contribution >= 0.6 is 0 Å². The van der Waals surface area contributed by atoms with Crippen LogP contribution in [0.4, 0.5) is 0 Å². The Labute approximate surface area is 167 Å². The van der Waals surface area contributed by atoms with Crippen molar-refractivity contribution in [3.8, 4) is 0 Å². The third-order valence-electron chi connectivity index (χ3n) is 5.27. The SMILES string of the molecule is COB(O)/C=C/c1cccc(C(=O)N2CCC(c3cccc(CN)c3)CC2)c1. The predicted molar refractivity (Wildman–Crippen MR) is 113 cm³/mol. The van der Waals surface area contributed by atoms with Gasteiger partial charge < -0.3 is 20.3 Å². The Morgan fingerprint density at radius 3 is 2.71 bits per heavy atom. The second kappa shape index (κ2) is 9.69. The van der Waals surface area contributed by atoms with Crippen LogP contribution in [0.2, 0.25) is 0 Å². The second-order valence-corrected chi connectivity index (χ2v) is 7.13. The maximum Gasteiger partial charge on any atom is 0.483 e. The third-order valence-corrected chi connectivity index (χ3v) is 5.27. The minimum absolute atomic E-state index is 0.0525. The number of carbonyl (C=O) groups is 1. The Kier molecular flexibility index (Phi) is 7.03. The lowest BCUT2D eigenvalue weighted by Crippen LogP contribution is -2.37. The van der Waals surface area contributed by atoms with Gasteiger partial charge in [0.2, 0.25) is 0 Å². The van der Waals surface area contributed by atoms with Gasteiger partial charge in [-0.1, -0.05) is 48.4 Å². The van der Waals surface area contributed by atoms with E-state index in [0.29, 0.717) is 18.0 Å². The molecule has 0 bridgehead atoms. The molecule has 0 radical (unpaired) electrons. The fourth-order valence-corrected chi connectivity index (χ4v) is 3.62. The van der Waals surface area contributed by atoms with E-state index in [0.717, 1.165) is 37.1 Å². The van der Waals surface area contributed by atoms with Crippen molar-refractivity contribution in [2.75, 3.05) is 20.2 Å². The average Bonchev–Trinajstić information content (AvgIpc) is 2.77. The molecule has 28 heavy (non-hydrogen) atoms. The molecule has 2 aromatic rings. The Morgan fingerprint density at radius 2 is 2.00 bits per heavy atom. The predicted octanol–water partition coefficient (Wildman–Crippen LogP) is 2.84. The Morgan fingerprint density at radius 1 is 1.25 bits per heavy atom. The van der Waals surface area contributed by atoms with Gasteiger partial charge >= 0.3 is 7.12 Å². The summed E-state index contributed by atoms with van der Waals surface area (Å²) in [5.74, 6) is 2.07. The fraction of sp³-hybridized carbons (Fsp3) is 0.318. The number of hydrogen-bond donors (Lipinski definition) is 2. The lowest BCUT2D eigenvalue weighted by molar-refractivity contribution is 0.0713. The van der Waals surface area contributed by atoms with Gasteiger partial charge in [0, 0.05) is 32.3 Å². The lowest BCUT2D eigenvalue weighted by atomic mass is 9.88. The van der Waals surface area contributed by atoms with Gasteiger partial charge in [0.25, 0.3) is 5.91 Å². The van der Waals surface area contributed by atoms with E-state index in [-0.39, 0.29) is 5.91 Å². The molecule has 1 aliphatic rings. The van der Waals surface area contributed by atoms with E-state index in [4.69, 9.17) is 10.4 Å². The van der Waals surface area contributed by atoms with Crippen molar-refractivity contribution in [2.24, 2.45) is 5.73 Å². The standard InChI is InChI=1S/C22H27BN2O3/c1-28-23(27)11-8-17-4-2-7-21(14-17)22(26)25-12-9-19(10-13-25)20-6-3-5-18(15-20)16-24/h2-8,11,14-15,19,27H,9-10,12-13,16,24H2,1H3/b11-8+. The first-order valence-electron chi connectivity index (χ1n) is 9.68. The lowest BCUT2D eigenvalue weighted by Gasteiger charge is -2.32. The van der Waals surface area contributed by atoms with Crippen molar-refractivity contribution in [3.05, 3.63) is 76.8 Å². The molecule has 0 saturated carbocycles. The smallest absolute Gasteiger partial charge is 0.423 e. The van der Waals surface area contributed by atoms with Crippen molar-refractivity contribution < 1.29 is 14.5 Å². The summed E-state index contributed by atoms with van der Waals surface area (Å²) in [6.07, 6.45) is 3.67. The van der Waals surface area contributed by atoms with Crippen molar-refractivity contribution in [3.63, 3.8) is 0 Å². The number of piperidine rings is 1. The summed E-state index contributed by atoms with van der Waals surface area (Å²) in [6.45, 7) is 2.05. The van der Waals surface area contributed by atoms with E-state index >= 15 is 0 Å². The quantitative estimate of drug-likeness (QED) is 0.758. The molecule has 0 aromatic heterocycles. The molecule has 1 aliphatic heterocycles. The summed E-state index contributed by atoms with van der Waals surface area (Å²) < 4.78 is 4.79. The van der Waals surface area contributed by atoms with Gasteiger partial charge in [-0.05, 0) is 47.6 Å².